The number of hydrogen-bond acceptors (Lipinski definition) is 1. The first kappa shape index (κ1) is 14.8. The van der Waals surface area contributed by atoms with Gasteiger partial charge < -0.3 is 4.90 Å². The Morgan fingerprint density at radius 3 is 2.00 bits per heavy atom. The van der Waals surface area contributed by atoms with Crippen LogP contribution in [0.4, 0.5) is 5.69 Å². The normalized spacial score (nSPS) is 13.2. The van der Waals surface area contributed by atoms with Gasteiger partial charge in [-0.15, -0.1) is 0 Å². The summed E-state index contributed by atoms with van der Waals surface area (Å²) in [6.45, 7) is 13.2. The van der Waals surface area contributed by atoms with Crippen molar-refractivity contribution in [1.82, 2.24) is 0 Å². The summed E-state index contributed by atoms with van der Waals surface area (Å²) in [5.41, 5.74) is 2.74. The maximum Gasteiger partial charge on any atom is 0.0366 e. The van der Waals surface area contributed by atoms with E-state index in [1.54, 1.807) is 0 Å². The first-order chi connectivity index (χ1) is 8.63. The molecule has 0 N–H and O–H groups in total. The molecule has 0 amide bonds. The van der Waals surface area contributed by atoms with Crippen LogP contribution in [0.2, 0.25) is 0 Å². The molecule has 0 aliphatic rings. The lowest BCUT2D eigenvalue weighted by Crippen LogP contribution is -2.21. The fourth-order valence-corrected chi connectivity index (χ4v) is 2.42. The van der Waals surface area contributed by atoms with Crippen molar-refractivity contribution >= 4 is 5.69 Å². The third-order valence-corrected chi connectivity index (χ3v) is 3.52. The van der Waals surface area contributed by atoms with Crippen LogP contribution in [0.25, 0.3) is 0 Å². The van der Waals surface area contributed by atoms with Crippen molar-refractivity contribution in [3.8, 4) is 0 Å². The minimum atomic E-state index is 0.528. The lowest BCUT2D eigenvalue weighted by atomic mass is 9.88. The van der Waals surface area contributed by atoms with E-state index < -0.39 is 0 Å². The third-order valence-electron chi connectivity index (χ3n) is 3.52. The molecule has 1 nitrogen and oxygen atoms in total. The minimum absolute atomic E-state index is 0.528. The van der Waals surface area contributed by atoms with Crippen molar-refractivity contribution < 1.29 is 0 Å². The van der Waals surface area contributed by atoms with Gasteiger partial charge in [0.1, 0.15) is 0 Å². The number of nitrogens with zero attached hydrogens (tertiary/aromatic N) is 1. The summed E-state index contributed by atoms with van der Waals surface area (Å²) in [6.07, 6.45) is 4.46. The predicted molar refractivity (Wildman–Crippen MR) is 82.4 cm³/mol. The zero-order valence-electron chi connectivity index (χ0n) is 12.5. The standard InChI is InChI=1S/C17H27N/c1-6-9-17(14(4)5)15-10-12-16(13-11-15)18(7-2)8-3/h6,9-14,17H,7-8H2,1-5H3/b9-6-. The highest BCUT2D eigenvalue weighted by Gasteiger charge is 2.12. The van der Waals surface area contributed by atoms with E-state index in [4.69, 9.17) is 0 Å². The molecule has 0 aliphatic heterocycles. The van der Waals surface area contributed by atoms with Gasteiger partial charge in [-0.1, -0.05) is 38.1 Å². The molecule has 1 heteroatoms. The van der Waals surface area contributed by atoms with E-state index in [9.17, 15) is 0 Å². The van der Waals surface area contributed by atoms with Gasteiger partial charge in [-0.25, -0.2) is 0 Å². The summed E-state index contributed by atoms with van der Waals surface area (Å²) in [7, 11) is 0. The highest BCUT2D eigenvalue weighted by Crippen LogP contribution is 2.27. The maximum absolute atomic E-state index is 2.38. The molecular formula is C17H27N. The van der Waals surface area contributed by atoms with E-state index >= 15 is 0 Å². The van der Waals surface area contributed by atoms with E-state index in [0.29, 0.717) is 11.8 Å². The Hall–Kier alpha value is -1.24. The zero-order chi connectivity index (χ0) is 13.5. The van der Waals surface area contributed by atoms with Crippen LogP contribution in [-0.4, -0.2) is 13.1 Å². The molecule has 1 rings (SSSR count). The molecule has 0 spiro atoms. The molecular weight excluding hydrogens is 218 g/mol. The zero-order valence-corrected chi connectivity index (χ0v) is 12.5. The second-order valence-electron chi connectivity index (χ2n) is 5.06. The van der Waals surface area contributed by atoms with Gasteiger partial charge in [0, 0.05) is 24.7 Å². The molecule has 0 saturated carbocycles. The monoisotopic (exact) mass is 245 g/mol. The Morgan fingerprint density at radius 2 is 1.61 bits per heavy atom. The molecule has 0 fully saturated rings. The molecule has 100 valence electrons. The first-order valence-electron chi connectivity index (χ1n) is 7.11. The molecule has 0 radical (unpaired) electrons. The third kappa shape index (κ3) is 3.63. The number of allylic oxidation sites excluding steroid dienone is 2. The highest BCUT2D eigenvalue weighted by molar-refractivity contribution is 5.48. The van der Waals surface area contributed by atoms with Crippen molar-refractivity contribution in [2.75, 3.05) is 18.0 Å². The Bertz CT molecular complexity index is 358. The van der Waals surface area contributed by atoms with Gasteiger partial charge in [-0.2, -0.15) is 0 Å². The molecule has 1 aromatic carbocycles. The number of anilines is 1. The van der Waals surface area contributed by atoms with E-state index in [-0.39, 0.29) is 0 Å². The van der Waals surface area contributed by atoms with E-state index in [2.05, 4.69) is 75.9 Å². The van der Waals surface area contributed by atoms with Gasteiger partial charge in [-0.05, 0) is 44.4 Å². The summed E-state index contributed by atoms with van der Waals surface area (Å²) >= 11 is 0. The number of hydrogen-bond donors (Lipinski definition) is 0. The molecule has 1 atom stereocenters. The number of benzene rings is 1. The second-order valence-corrected chi connectivity index (χ2v) is 5.06. The van der Waals surface area contributed by atoms with E-state index in [1.165, 1.54) is 11.3 Å². The molecule has 0 saturated heterocycles. The maximum atomic E-state index is 2.38. The second kappa shape index (κ2) is 7.25. The quantitative estimate of drug-likeness (QED) is 0.648. The van der Waals surface area contributed by atoms with Crippen molar-refractivity contribution in [2.45, 2.75) is 40.5 Å². The largest absolute Gasteiger partial charge is 0.372 e. The van der Waals surface area contributed by atoms with Gasteiger partial charge >= 0.3 is 0 Å². The summed E-state index contributed by atoms with van der Waals surface area (Å²) in [6, 6.07) is 9.05. The lowest BCUT2D eigenvalue weighted by molar-refractivity contribution is 0.577. The predicted octanol–water partition coefficient (Wildman–Crippen LogP) is 4.85. The summed E-state index contributed by atoms with van der Waals surface area (Å²) in [5, 5.41) is 0. The van der Waals surface area contributed by atoms with Crippen LogP contribution >= 0.6 is 0 Å². The van der Waals surface area contributed by atoms with Gasteiger partial charge in [0.2, 0.25) is 0 Å². The molecule has 1 unspecified atom stereocenters. The van der Waals surface area contributed by atoms with Crippen LogP contribution in [0, 0.1) is 5.92 Å². The number of rotatable bonds is 6. The van der Waals surface area contributed by atoms with Crippen LogP contribution in [0.3, 0.4) is 0 Å². The Kier molecular flexibility index (Phi) is 5.97. The van der Waals surface area contributed by atoms with Crippen LogP contribution in [-0.2, 0) is 0 Å². The molecule has 0 aromatic heterocycles. The molecule has 18 heavy (non-hydrogen) atoms. The smallest absolute Gasteiger partial charge is 0.0366 e. The van der Waals surface area contributed by atoms with Crippen molar-refractivity contribution in [1.29, 1.82) is 0 Å². The van der Waals surface area contributed by atoms with Crippen molar-refractivity contribution in [3.63, 3.8) is 0 Å². The van der Waals surface area contributed by atoms with Gasteiger partial charge in [-0.3, -0.25) is 0 Å². The average Bonchev–Trinajstić information content (AvgIpc) is 2.38. The van der Waals surface area contributed by atoms with E-state index in [0.717, 1.165) is 13.1 Å². The van der Waals surface area contributed by atoms with Crippen LogP contribution in [0.1, 0.15) is 46.1 Å². The summed E-state index contributed by atoms with van der Waals surface area (Å²) in [4.78, 5) is 2.38. The summed E-state index contributed by atoms with van der Waals surface area (Å²) < 4.78 is 0. The molecule has 0 aliphatic carbocycles. The van der Waals surface area contributed by atoms with Crippen LogP contribution in [0.15, 0.2) is 36.4 Å². The van der Waals surface area contributed by atoms with Crippen molar-refractivity contribution in [3.05, 3.63) is 42.0 Å². The SMILES string of the molecule is C/C=C\C(c1ccc(N(CC)CC)cc1)C(C)C. The fraction of sp³-hybridized carbons (Fsp3) is 0.529. The minimum Gasteiger partial charge on any atom is -0.372 e. The lowest BCUT2D eigenvalue weighted by Gasteiger charge is -2.23. The van der Waals surface area contributed by atoms with E-state index in [1.807, 2.05) is 0 Å². The summed E-state index contributed by atoms with van der Waals surface area (Å²) in [5.74, 6) is 1.17. The molecule has 0 bridgehead atoms. The van der Waals surface area contributed by atoms with Crippen molar-refractivity contribution in [2.24, 2.45) is 5.92 Å². The molecule has 1 aromatic rings. The molecule has 0 heterocycles. The first-order valence-corrected chi connectivity index (χ1v) is 7.11. The van der Waals surface area contributed by atoms with Gasteiger partial charge in [0.25, 0.3) is 0 Å². The van der Waals surface area contributed by atoms with Crippen LogP contribution in [0.5, 0.6) is 0 Å². The average molecular weight is 245 g/mol. The Labute approximate surface area is 113 Å². The Balaban J connectivity index is 2.93. The topological polar surface area (TPSA) is 3.24 Å². The Morgan fingerprint density at radius 1 is 1.06 bits per heavy atom. The van der Waals surface area contributed by atoms with Gasteiger partial charge in [0.15, 0.2) is 0 Å². The van der Waals surface area contributed by atoms with Gasteiger partial charge in [0.05, 0.1) is 0 Å². The van der Waals surface area contributed by atoms with Crippen LogP contribution < -0.4 is 4.90 Å². The highest BCUT2D eigenvalue weighted by atomic mass is 15.1. The fourth-order valence-electron chi connectivity index (χ4n) is 2.42.